The van der Waals surface area contributed by atoms with E-state index >= 15 is 0 Å². The van der Waals surface area contributed by atoms with Crippen molar-refractivity contribution >= 4 is 10.0 Å². The van der Waals surface area contributed by atoms with Crippen molar-refractivity contribution < 1.29 is 22.3 Å². The lowest BCUT2D eigenvalue weighted by Gasteiger charge is -2.15. The van der Waals surface area contributed by atoms with Crippen LogP contribution < -0.4 is 20.7 Å². The fraction of sp³-hybridized carbons (Fsp3) is 0.412. The predicted molar refractivity (Wildman–Crippen MR) is 100 cm³/mol. The maximum atomic E-state index is 12.3. The van der Waals surface area contributed by atoms with Crippen LogP contribution in [0.1, 0.15) is 24.9 Å². The van der Waals surface area contributed by atoms with Gasteiger partial charge < -0.3 is 9.47 Å². The van der Waals surface area contributed by atoms with Gasteiger partial charge in [-0.2, -0.15) is 0 Å². The van der Waals surface area contributed by atoms with E-state index in [1.54, 1.807) is 31.2 Å². The summed E-state index contributed by atoms with van der Waals surface area (Å²) in [7, 11) is -3.57. The van der Waals surface area contributed by atoms with Crippen molar-refractivity contribution in [3.8, 4) is 5.75 Å². The average molecular weight is 415 g/mol. The number of H-pyrrole nitrogens is 1. The standard InChI is InChI=1S/C17H22FN3O6S/c1-13(14-4-2-5-15(10-14)27-11-18)20-28(24,25)9-3-8-26-12-21-7-6-16(22)19-17(21)23/h2,4-7,10,13,20H,3,8-9,11-12H2,1H3,(H,19,22,23). The minimum Gasteiger partial charge on any atom is -0.463 e. The SMILES string of the molecule is CC(NS(=O)(=O)CCCOCn1ccc(=O)[nH]c1=O)c1cccc(OCF)c1. The summed E-state index contributed by atoms with van der Waals surface area (Å²) < 4.78 is 50.4. The third kappa shape index (κ3) is 6.91. The van der Waals surface area contributed by atoms with E-state index in [1.165, 1.54) is 12.3 Å². The number of hydrogen-bond acceptors (Lipinski definition) is 6. The first-order valence-corrected chi connectivity index (χ1v) is 10.1. The van der Waals surface area contributed by atoms with Gasteiger partial charge in [-0.15, -0.1) is 0 Å². The molecular formula is C17H22FN3O6S. The van der Waals surface area contributed by atoms with Crippen molar-refractivity contribution in [2.45, 2.75) is 26.1 Å². The van der Waals surface area contributed by atoms with E-state index in [0.717, 1.165) is 4.57 Å². The molecule has 0 spiro atoms. The molecular weight excluding hydrogens is 393 g/mol. The van der Waals surface area contributed by atoms with Crippen LogP contribution in [0.25, 0.3) is 0 Å². The van der Waals surface area contributed by atoms with Gasteiger partial charge in [0.15, 0.2) is 0 Å². The summed E-state index contributed by atoms with van der Waals surface area (Å²) in [6.07, 6.45) is 1.51. The van der Waals surface area contributed by atoms with Gasteiger partial charge in [0.2, 0.25) is 16.9 Å². The predicted octanol–water partition coefficient (Wildman–Crippen LogP) is 0.887. The van der Waals surface area contributed by atoms with Gasteiger partial charge in [-0.3, -0.25) is 14.3 Å². The Bertz CT molecular complexity index is 989. The molecule has 1 unspecified atom stereocenters. The first kappa shape index (κ1) is 21.8. The van der Waals surface area contributed by atoms with Crippen LogP contribution in [0.4, 0.5) is 4.39 Å². The lowest BCUT2D eigenvalue weighted by atomic mass is 10.1. The molecule has 0 saturated carbocycles. The number of rotatable bonds is 11. The molecule has 1 atom stereocenters. The highest BCUT2D eigenvalue weighted by atomic mass is 32.2. The van der Waals surface area contributed by atoms with Gasteiger partial charge in [-0.05, 0) is 31.0 Å². The number of aromatic amines is 1. The van der Waals surface area contributed by atoms with E-state index in [4.69, 9.17) is 9.47 Å². The van der Waals surface area contributed by atoms with E-state index in [0.29, 0.717) is 11.3 Å². The van der Waals surface area contributed by atoms with E-state index in [2.05, 4.69) is 9.71 Å². The lowest BCUT2D eigenvalue weighted by molar-refractivity contribution is 0.0744. The Kier molecular flexibility index (Phi) is 7.91. The Labute approximate surface area is 161 Å². The van der Waals surface area contributed by atoms with Crippen LogP contribution in [-0.2, 0) is 21.5 Å². The summed E-state index contributed by atoms with van der Waals surface area (Å²) in [6, 6.07) is 7.18. The van der Waals surface area contributed by atoms with Crippen LogP contribution >= 0.6 is 0 Å². The molecule has 9 nitrogen and oxygen atoms in total. The van der Waals surface area contributed by atoms with Crippen LogP contribution in [0.5, 0.6) is 5.75 Å². The zero-order valence-corrected chi connectivity index (χ0v) is 16.1. The zero-order valence-electron chi connectivity index (χ0n) is 15.3. The molecule has 0 bridgehead atoms. The molecule has 0 saturated heterocycles. The van der Waals surface area contributed by atoms with E-state index in [-0.39, 0.29) is 25.5 Å². The quantitative estimate of drug-likeness (QED) is 0.526. The van der Waals surface area contributed by atoms with Crippen molar-refractivity contribution in [3.63, 3.8) is 0 Å². The van der Waals surface area contributed by atoms with Crippen molar-refractivity contribution in [1.29, 1.82) is 0 Å². The number of aromatic nitrogens is 2. The molecule has 0 radical (unpaired) electrons. The van der Waals surface area contributed by atoms with Crippen molar-refractivity contribution in [3.05, 3.63) is 62.9 Å². The molecule has 1 aromatic carbocycles. The van der Waals surface area contributed by atoms with Gasteiger partial charge in [0, 0.05) is 24.9 Å². The largest absolute Gasteiger partial charge is 0.463 e. The fourth-order valence-electron chi connectivity index (χ4n) is 2.39. The number of nitrogens with zero attached hydrogens (tertiary/aromatic N) is 1. The number of alkyl halides is 1. The Balaban J connectivity index is 1.79. The Morgan fingerprint density at radius 1 is 1.29 bits per heavy atom. The molecule has 0 amide bonds. The fourth-order valence-corrected chi connectivity index (χ4v) is 3.68. The highest BCUT2D eigenvalue weighted by molar-refractivity contribution is 7.89. The van der Waals surface area contributed by atoms with E-state index < -0.39 is 34.2 Å². The van der Waals surface area contributed by atoms with Crippen molar-refractivity contribution in [1.82, 2.24) is 14.3 Å². The third-order valence-corrected chi connectivity index (χ3v) is 5.30. The molecule has 1 aromatic heterocycles. The van der Waals surface area contributed by atoms with Crippen LogP contribution in [0, 0.1) is 0 Å². The molecule has 2 rings (SSSR count). The summed E-state index contributed by atoms with van der Waals surface area (Å²) >= 11 is 0. The molecule has 0 aliphatic heterocycles. The molecule has 0 fully saturated rings. The Morgan fingerprint density at radius 2 is 2.07 bits per heavy atom. The maximum absolute atomic E-state index is 12.3. The Morgan fingerprint density at radius 3 is 2.79 bits per heavy atom. The van der Waals surface area contributed by atoms with Crippen LogP contribution in [0.15, 0.2) is 46.1 Å². The van der Waals surface area contributed by atoms with Crippen LogP contribution in [0.3, 0.4) is 0 Å². The van der Waals surface area contributed by atoms with Gasteiger partial charge in [-0.1, -0.05) is 12.1 Å². The van der Waals surface area contributed by atoms with Gasteiger partial charge >= 0.3 is 5.69 Å². The summed E-state index contributed by atoms with van der Waals surface area (Å²) in [5.41, 5.74) is -0.466. The molecule has 28 heavy (non-hydrogen) atoms. The summed E-state index contributed by atoms with van der Waals surface area (Å²) in [5.74, 6) is 0.148. The van der Waals surface area contributed by atoms with E-state index in [1.807, 2.05) is 0 Å². The highest BCUT2D eigenvalue weighted by Crippen LogP contribution is 2.20. The molecule has 11 heteroatoms. The molecule has 2 N–H and O–H groups in total. The molecule has 0 aliphatic rings. The van der Waals surface area contributed by atoms with Crippen LogP contribution in [0.2, 0.25) is 0 Å². The minimum atomic E-state index is -3.57. The van der Waals surface area contributed by atoms with Crippen LogP contribution in [-0.4, -0.2) is 37.2 Å². The normalized spacial score (nSPS) is 12.6. The maximum Gasteiger partial charge on any atom is 0.330 e. The number of nitrogens with one attached hydrogen (secondary N) is 2. The topological polar surface area (TPSA) is 119 Å². The molecule has 0 aliphatic carbocycles. The smallest absolute Gasteiger partial charge is 0.330 e. The second-order valence-corrected chi connectivity index (χ2v) is 7.83. The molecule has 1 heterocycles. The van der Waals surface area contributed by atoms with Gasteiger partial charge in [-0.25, -0.2) is 22.3 Å². The first-order chi connectivity index (χ1) is 13.3. The van der Waals surface area contributed by atoms with E-state index in [9.17, 15) is 22.4 Å². The van der Waals surface area contributed by atoms with Crippen molar-refractivity contribution in [2.75, 3.05) is 19.2 Å². The van der Waals surface area contributed by atoms with Gasteiger partial charge in [0.1, 0.15) is 12.5 Å². The summed E-state index contributed by atoms with van der Waals surface area (Å²) in [6.45, 7) is 0.724. The highest BCUT2D eigenvalue weighted by Gasteiger charge is 2.16. The molecule has 2 aromatic rings. The minimum absolute atomic E-state index is 0.0964. The van der Waals surface area contributed by atoms with Crippen molar-refractivity contribution in [2.24, 2.45) is 0 Å². The Hall–Kier alpha value is -2.50. The lowest BCUT2D eigenvalue weighted by Crippen LogP contribution is -2.30. The van der Waals surface area contributed by atoms with Gasteiger partial charge in [0.25, 0.3) is 5.56 Å². The average Bonchev–Trinajstić information content (AvgIpc) is 2.63. The number of ether oxygens (including phenoxy) is 2. The number of benzene rings is 1. The summed E-state index contributed by atoms with van der Waals surface area (Å²) in [5, 5.41) is 0. The van der Waals surface area contributed by atoms with Gasteiger partial charge in [0.05, 0.1) is 5.75 Å². The molecule has 154 valence electrons. The zero-order chi connectivity index (χ0) is 20.6. The second-order valence-electron chi connectivity index (χ2n) is 5.96. The number of hydrogen-bond donors (Lipinski definition) is 2. The third-order valence-electron chi connectivity index (χ3n) is 3.76. The number of halogens is 1. The first-order valence-electron chi connectivity index (χ1n) is 8.47. The summed E-state index contributed by atoms with van der Waals surface area (Å²) in [4.78, 5) is 24.5. The second kappa shape index (κ2) is 10.2. The monoisotopic (exact) mass is 415 g/mol. The number of sulfonamides is 1.